The summed E-state index contributed by atoms with van der Waals surface area (Å²) in [4.78, 5) is 0. The van der Waals surface area contributed by atoms with Crippen molar-refractivity contribution in [1.82, 2.24) is 0 Å². The molecule has 3 rings (SSSR count). The van der Waals surface area contributed by atoms with E-state index >= 15 is 0 Å². The Morgan fingerprint density at radius 2 is 1.68 bits per heavy atom. The Kier molecular flexibility index (Phi) is 6.81. The Balaban J connectivity index is 1.99. The van der Waals surface area contributed by atoms with Crippen LogP contribution in [0.15, 0.2) is 54.6 Å². The van der Waals surface area contributed by atoms with E-state index in [2.05, 4.69) is 20.8 Å². The lowest BCUT2D eigenvalue weighted by molar-refractivity contribution is 0.0427. The van der Waals surface area contributed by atoms with Crippen LogP contribution in [0.25, 0.3) is 0 Å². The van der Waals surface area contributed by atoms with Gasteiger partial charge in [-0.25, -0.2) is 0 Å². The molecule has 1 saturated carbocycles. The zero-order valence-electron chi connectivity index (χ0n) is 17.4. The number of aliphatic hydroxyl groups is 1. The summed E-state index contributed by atoms with van der Waals surface area (Å²) in [5.74, 6) is 0.193. The minimum Gasteiger partial charge on any atom is -0.378 e. The summed E-state index contributed by atoms with van der Waals surface area (Å²) in [6, 6.07) is 16.8. The standard InChI is InChI=1S/C24H33O3P/c1-17(2)22-15-12-19(4)16-23(22)27-28(26,21-8-6-5-7-9-21)24(25)20-13-10-18(3)11-14-20/h5-11,13-14,17,19,22-25H,12,15-16H2,1-4H3/t19-,22+,23-,24+,28?/m1/s1. The van der Waals surface area contributed by atoms with Gasteiger partial charge in [-0.15, -0.1) is 0 Å². The maximum Gasteiger partial charge on any atom is 0.264 e. The van der Waals surface area contributed by atoms with E-state index in [1.54, 1.807) is 0 Å². The molecule has 1 fully saturated rings. The molecule has 0 amide bonds. The minimum absolute atomic E-state index is 0.102. The molecule has 2 aromatic rings. The van der Waals surface area contributed by atoms with E-state index in [0.29, 0.717) is 28.6 Å². The molecule has 0 spiro atoms. The highest BCUT2D eigenvalue weighted by Gasteiger charge is 2.42. The second-order valence-corrected chi connectivity index (χ2v) is 11.1. The number of benzene rings is 2. The molecule has 2 aromatic carbocycles. The highest BCUT2D eigenvalue weighted by molar-refractivity contribution is 7.67. The van der Waals surface area contributed by atoms with Crippen LogP contribution in [0.3, 0.4) is 0 Å². The van der Waals surface area contributed by atoms with Crippen LogP contribution in [0.4, 0.5) is 0 Å². The van der Waals surface area contributed by atoms with Gasteiger partial charge in [0, 0.05) is 5.30 Å². The van der Waals surface area contributed by atoms with Crippen LogP contribution in [0, 0.1) is 24.7 Å². The predicted octanol–water partition coefficient (Wildman–Crippen LogP) is 6.07. The molecule has 1 N–H and O–H groups in total. The van der Waals surface area contributed by atoms with Gasteiger partial charge in [0.15, 0.2) is 5.85 Å². The summed E-state index contributed by atoms with van der Waals surface area (Å²) < 4.78 is 20.7. The SMILES string of the molecule is Cc1ccc([C@@H](O)P(=O)(O[C@@H]2C[C@H](C)CC[C@H]2C(C)C)c2ccccc2)cc1. The molecule has 0 saturated heterocycles. The Bertz CT molecular complexity index is 800. The highest BCUT2D eigenvalue weighted by Crippen LogP contribution is 2.60. The summed E-state index contributed by atoms with van der Waals surface area (Å²) in [6.07, 6.45) is 3.05. The van der Waals surface area contributed by atoms with Crippen molar-refractivity contribution in [3.05, 3.63) is 65.7 Å². The zero-order chi connectivity index (χ0) is 20.3. The lowest BCUT2D eigenvalue weighted by Gasteiger charge is -2.39. The first-order valence-electron chi connectivity index (χ1n) is 10.4. The van der Waals surface area contributed by atoms with Gasteiger partial charge < -0.3 is 9.63 Å². The first-order chi connectivity index (χ1) is 13.3. The van der Waals surface area contributed by atoms with Crippen LogP contribution in [0.5, 0.6) is 0 Å². The molecule has 28 heavy (non-hydrogen) atoms. The van der Waals surface area contributed by atoms with Crippen molar-refractivity contribution in [2.45, 2.75) is 58.9 Å². The maximum absolute atomic E-state index is 14.3. The highest BCUT2D eigenvalue weighted by atomic mass is 31.2. The van der Waals surface area contributed by atoms with Gasteiger partial charge in [-0.2, -0.15) is 0 Å². The predicted molar refractivity (Wildman–Crippen MR) is 116 cm³/mol. The molecule has 3 nitrogen and oxygen atoms in total. The summed E-state index contributed by atoms with van der Waals surface area (Å²) >= 11 is 0. The first-order valence-corrected chi connectivity index (χ1v) is 12.1. The smallest absolute Gasteiger partial charge is 0.264 e. The maximum atomic E-state index is 14.3. The minimum atomic E-state index is -3.52. The number of aryl methyl sites for hydroxylation is 1. The molecule has 0 radical (unpaired) electrons. The van der Waals surface area contributed by atoms with E-state index in [0.717, 1.165) is 18.4 Å². The van der Waals surface area contributed by atoms with E-state index in [1.807, 2.05) is 61.5 Å². The van der Waals surface area contributed by atoms with Crippen molar-refractivity contribution in [1.29, 1.82) is 0 Å². The zero-order valence-corrected chi connectivity index (χ0v) is 18.3. The van der Waals surface area contributed by atoms with Crippen molar-refractivity contribution in [2.24, 2.45) is 17.8 Å². The van der Waals surface area contributed by atoms with Gasteiger partial charge >= 0.3 is 0 Å². The molecule has 5 atom stereocenters. The normalized spacial score (nSPS) is 26.0. The van der Waals surface area contributed by atoms with Gasteiger partial charge in [0.25, 0.3) is 7.37 Å². The fourth-order valence-corrected chi connectivity index (χ4v) is 6.58. The van der Waals surface area contributed by atoms with Gasteiger partial charge in [-0.05, 0) is 55.2 Å². The molecule has 0 aromatic heterocycles. The topological polar surface area (TPSA) is 46.5 Å². The molecule has 1 unspecified atom stereocenters. The molecule has 1 aliphatic carbocycles. The van der Waals surface area contributed by atoms with E-state index in [9.17, 15) is 9.67 Å². The van der Waals surface area contributed by atoms with Crippen LogP contribution in [-0.4, -0.2) is 11.2 Å². The van der Waals surface area contributed by atoms with Crippen molar-refractivity contribution in [2.75, 3.05) is 0 Å². The second-order valence-electron chi connectivity index (χ2n) is 8.69. The van der Waals surface area contributed by atoms with Gasteiger partial charge in [0.05, 0.1) is 6.10 Å². The molecule has 0 bridgehead atoms. The van der Waals surface area contributed by atoms with E-state index in [-0.39, 0.29) is 6.10 Å². The van der Waals surface area contributed by atoms with Crippen molar-refractivity contribution < 1.29 is 14.2 Å². The summed E-state index contributed by atoms with van der Waals surface area (Å²) in [5, 5.41) is 11.8. The fourth-order valence-electron chi connectivity index (χ4n) is 4.27. The Morgan fingerprint density at radius 3 is 2.29 bits per heavy atom. The average Bonchev–Trinajstić information content (AvgIpc) is 2.68. The Labute approximate surface area is 169 Å². The Hall–Kier alpha value is -1.41. The van der Waals surface area contributed by atoms with Crippen molar-refractivity contribution in [3.63, 3.8) is 0 Å². The molecule has 1 aliphatic rings. The molecular formula is C24H33O3P. The summed E-state index contributed by atoms with van der Waals surface area (Å²) in [7, 11) is -3.52. The third-order valence-electron chi connectivity index (χ3n) is 6.07. The largest absolute Gasteiger partial charge is 0.378 e. The molecule has 0 heterocycles. The summed E-state index contributed by atoms with van der Waals surface area (Å²) in [5.41, 5.74) is 1.75. The van der Waals surface area contributed by atoms with Crippen LogP contribution in [0.1, 0.15) is 57.0 Å². The van der Waals surface area contributed by atoms with Crippen LogP contribution >= 0.6 is 7.37 Å². The third-order valence-corrected chi connectivity index (χ3v) is 8.61. The lowest BCUT2D eigenvalue weighted by Crippen LogP contribution is -2.35. The lowest BCUT2D eigenvalue weighted by atomic mass is 9.75. The number of aliphatic hydroxyl groups excluding tert-OH is 1. The quantitative estimate of drug-likeness (QED) is 0.599. The fraction of sp³-hybridized carbons (Fsp3) is 0.500. The monoisotopic (exact) mass is 400 g/mol. The molecule has 4 heteroatoms. The number of rotatable bonds is 6. The van der Waals surface area contributed by atoms with Gasteiger partial charge in [0.2, 0.25) is 0 Å². The molecule has 0 aliphatic heterocycles. The van der Waals surface area contributed by atoms with E-state index < -0.39 is 13.2 Å². The molecular weight excluding hydrogens is 367 g/mol. The van der Waals surface area contributed by atoms with Crippen LogP contribution in [0.2, 0.25) is 0 Å². The number of hydrogen-bond donors (Lipinski definition) is 1. The van der Waals surface area contributed by atoms with Crippen LogP contribution < -0.4 is 5.30 Å². The van der Waals surface area contributed by atoms with Gasteiger partial charge in [0.1, 0.15) is 0 Å². The number of hydrogen-bond acceptors (Lipinski definition) is 3. The molecule has 152 valence electrons. The average molecular weight is 400 g/mol. The van der Waals surface area contributed by atoms with Gasteiger partial charge in [-0.3, -0.25) is 4.57 Å². The van der Waals surface area contributed by atoms with E-state index in [4.69, 9.17) is 4.52 Å². The van der Waals surface area contributed by atoms with E-state index in [1.165, 1.54) is 6.42 Å². The van der Waals surface area contributed by atoms with Gasteiger partial charge in [-0.1, -0.05) is 75.2 Å². The Morgan fingerprint density at radius 1 is 1.04 bits per heavy atom. The second kappa shape index (κ2) is 8.95. The van der Waals surface area contributed by atoms with Crippen molar-refractivity contribution >= 4 is 12.7 Å². The summed E-state index contributed by atoms with van der Waals surface area (Å²) in [6.45, 7) is 8.65. The third kappa shape index (κ3) is 4.59. The first kappa shape index (κ1) is 21.3. The van der Waals surface area contributed by atoms with Crippen molar-refractivity contribution in [3.8, 4) is 0 Å². The van der Waals surface area contributed by atoms with Crippen LogP contribution in [-0.2, 0) is 9.09 Å².